The van der Waals surface area contributed by atoms with Crippen LogP contribution in [0.5, 0.6) is 5.75 Å². The Morgan fingerprint density at radius 3 is 2.60 bits per heavy atom. The Morgan fingerprint density at radius 2 is 1.88 bits per heavy atom. The molecule has 0 aromatic heterocycles. The number of carbonyl (C=O) groups excluding carboxylic acids is 1. The van der Waals surface area contributed by atoms with Crippen molar-refractivity contribution in [1.82, 2.24) is 5.32 Å². The Labute approximate surface area is 260 Å². The summed E-state index contributed by atoms with van der Waals surface area (Å²) in [5.74, 6) is 0.808. The Kier molecular flexibility index (Phi) is 11.5. The number of phenolic OH excluding ortho intramolecular Hbond substituents is 1. The third-order valence-corrected chi connectivity index (χ3v) is 10.1. The number of aromatic hydroxyl groups is 1. The summed E-state index contributed by atoms with van der Waals surface area (Å²) in [5, 5.41) is 38.3. The van der Waals surface area contributed by atoms with Crippen LogP contribution in [-0.4, -0.2) is 78.2 Å². The number of fused-ring (bicyclic) bond motifs is 3. The van der Waals surface area contributed by atoms with Gasteiger partial charge in [0.05, 0.1) is 38.0 Å². The van der Waals surface area contributed by atoms with Crippen molar-refractivity contribution in [3.8, 4) is 5.75 Å². The van der Waals surface area contributed by atoms with Crippen LogP contribution in [0.25, 0.3) is 0 Å². The lowest BCUT2D eigenvalue weighted by atomic mass is 9.79. The van der Waals surface area contributed by atoms with Gasteiger partial charge in [-0.15, -0.1) is 0 Å². The van der Waals surface area contributed by atoms with E-state index in [1.807, 2.05) is 0 Å². The summed E-state index contributed by atoms with van der Waals surface area (Å²) in [6, 6.07) is 13.1. The van der Waals surface area contributed by atoms with E-state index in [0.717, 1.165) is 48.9 Å². The summed E-state index contributed by atoms with van der Waals surface area (Å²) in [6.45, 7) is 8.15. The molecule has 4 aliphatic rings. The smallest absolute Gasteiger partial charge is 0.211 e. The molecule has 3 atom stereocenters. The normalized spacial score (nSPS) is 25.9. The highest BCUT2D eigenvalue weighted by Gasteiger charge is 2.48. The number of hydrogen-bond donors (Lipinski definition) is 5. The van der Waals surface area contributed by atoms with E-state index in [4.69, 9.17) is 4.74 Å². The standard InChI is InChI=1S/C33H47N3O5.BrH/c1-24-6-4-9-28(18-24)33(40,27-7-2-3-8-27)22-41-32-21-36(16-12-25(32)13-17-36)15-5-14-34-20-31(39)26-10-11-30(38)29(19-26)35-23-37;/h4,6,9-11,18-19,23,25,27,31-32,34,39-40H,2-3,5,7-8,12-17,20-22H2,1H3,(H-,35,37,38);1H/t25?,31-,32-,33-,36?;/m0./s1. The van der Waals surface area contributed by atoms with Crippen molar-refractivity contribution in [2.75, 3.05) is 51.2 Å². The average Bonchev–Trinajstić information content (AvgIpc) is 3.53. The number of benzene rings is 2. The number of halogens is 1. The number of carbonyl (C=O) groups is 1. The zero-order valence-corrected chi connectivity index (χ0v) is 26.4. The van der Waals surface area contributed by atoms with Crippen molar-refractivity contribution < 1.29 is 46.3 Å². The number of aryl methyl sites for hydroxylation is 1. The van der Waals surface area contributed by atoms with Gasteiger partial charge < -0.3 is 52.2 Å². The van der Waals surface area contributed by atoms with Gasteiger partial charge in [-0.05, 0) is 48.9 Å². The third-order valence-electron chi connectivity index (χ3n) is 10.1. The van der Waals surface area contributed by atoms with Gasteiger partial charge in [-0.1, -0.05) is 48.7 Å². The van der Waals surface area contributed by atoms with Gasteiger partial charge in [0.15, 0.2) is 0 Å². The first-order valence-electron chi connectivity index (χ1n) is 15.5. The van der Waals surface area contributed by atoms with Crippen molar-refractivity contribution in [2.24, 2.45) is 11.8 Å². The summed E-state index contributed by atoms with van der Waals surface area (Å²) in [4.78, 5) is 10.7. The molecule has 3 heterocycles. The van der Waals surface area contributed by atoms with Crippen LogP contribution in [0.2, 0.25) is 0 Å². The molecular weight excluding hydrogens is 598 g/mol. The fourth-order valence-corrected chi connectivity index (χ4v) is 7.55. The van der Waals surface area contributed by atoms with Crippen LogP contribution < -0.4 is 27.6 Å². The summed E-state index contributed by atoms with van der Waals surface area (Å²) in [5.41, 5.74) is 2.19. The van der Waals surface area contributed by atoms with Gasteiger partial charge in [0, 0.05) is 38.3 Å². The number of nitrogens with one attached hydrogen (secondary N) is 2. The Bertz CT molecular complexity index is 1170. The summed E-state index contributed by atoms with van der Waals surface area (Å²) >= 11 is 0. The molecule has 0 spiro atoms. The predicted molar refractivity (Wildman–Crippen MR) is 159 cm³/mol. The number of quaternary nitrogens is 1. The van der Waals surface area contributed by atoms with Gasteiger partial charge in [0.1, 0.15) is 24.0 Å². The molecule has 1 saturated carbocycles. The molecule has 0 unspecified atom stereocenters. The molecule has 0 radical (unpaired) electrons. The molecule has 2 bridgehead atoms. The lowest BCUT2D eigenvalue weighted by Crippen LogP contribution is -3.00. The number of amides is 1. The SMILES string of the molecule is Cc1cccc([C@](O)(CO[C@H]2C[N+]3(CCCNC[C@H](O)c4ccc(O)c(NC=O)c4)CCC2CC3)C2CCCC2)c1.[Br-]. The second kappa shape index (κ2) is 14.6. The predicted octanol–water partition coefficient (Wildman–Crippen LogP) is 0.990. The molecule has 8 nitrogen and oxygen atoms in total. The molecule has 9 heteroatoms. The van der Waals surface area contributed by atoms with Crippen LogP contribution in [0.4, 0.5) is 5.69 Å². The average molecular weight is 647 g/mol. The van der Waals surface area contributed by atoms with Gasteiger partial charge in [0.25, 0.3) is 0 Å². The maximum Gasteiger partial charge on any atom is 0.211 e. The number of hydrogen-bond acceptors (Lipinski definition) is 6. The second-order valence-electron chi connectivity index (χ2n) is 12.8. The molecule has 1 amide bonds. The van der Waals surface area contributed by atoms with Crippen LogP contribution >= 0.6 is 0 Å². The van der Waals surface area contributed by atoms with Crippen LogP contribution in [0, 0.1) is 18.8 Å². The summed E-state index contributed by atoms with van der Waals surface area (Å²) in [6.07, 6.45) is 7.83. The lowest BCUT2D eigenvalue weighted by molar-refractivity contribution is -0.946. The number of aliphatic hydroxyl groups is 2. The van der Waals surface area contributed by atoms with Crippen LogP contribution in [0.1, 0.15) is 67.7 Å². The van der Waals surface area contributed by atoms with Gasteiger partial charge >= 0.3 is 0 Å². The number of aliphatic hydroxyl groups excluding tert-OH is 1. The number of anilines is 1. The topological polar surface area (TPSA) is 111 Å². The Morgan fingerprint density at radius 1 is 1.12 bits per heavy atom. The Hall–Kier alpha value is -2.01. The first kappa shape index (κ1) is 32.9. The molecule has 42 heavy (non-hydrogen) atoms. The van der Waals surface area contributed by atoms with Crippen molar-refractivity contribution in [1.29, 1.82) is 0 Å². The van der Waals surface area contributed by atoms with E-state index < -0.39 is 11.7 Å². The van der Waals surface area contributed by atoms with Crippen LogP contribution in [-0.2, 0) is 15.1 Å². The molecule has 6 rings (SSSR count). The molecule has 1 aliphatic carbocycles. The minimum Gasteiger partial charge on any atom is -1.00 e. The number of rotatable bonds is 14. The highest BCUT2D eigenvalue weighted by molar-refractivity contribution is 5.75. The fraction of sp³-hybridized carbons (Fsp3) is 0.606. The molecule has 3 saturated heterocycles. The number of phenols is 1. The van der Waals surface area contributed by atoms with E-state index in [0.29, 0.717) is 31.0 Å². The van der Waals surface area contributed by atoms with Crippen molar-refractivity contribution in [3.05, 3.63) is 59.2 Å². The lowest BCUT2D eigenvalue weighted by Gasteiger charge is -2.53. The van der Waals surface area contributed by atoms with Crippen molar-refractivity contribution >= 4 is 12.1 Å². The van der Waals surface area contributed by atoms with Gasteiger partial charge in [-0.25, -0.2) is 0 Å². The third kappa shape index (κ3) is 7.55. The summed E-state index contributed by atoms with van der Waals surface area (Å²) in [7, 11) is 0. The van der Waals surface area contributed by atoms with Gasteiger partial charge in [0.2, 0.25) is 6.41 Å². The number of ether oxygens (including phenoxy) is 1. The maximum atomic E-state index is 12.1. The van der Waals surface area contributed by atoms with Gasteiger partial charge in [-0.3, -0.25) is 4.79 Å². The highest BCUT2D eigenvalue weighted by Crippen LogP contribution is 2.43. The van der Waals surface area contributed by atoms with E-state index in [-0.39, 0.29) is 40.4 Å². The van der Waals surface area contributed by atoms with Crippen molar-refractivity contribution in [3.63, 3.8) is 0 Å². The minimum atomic E-state index is -0.925. The molecular formula is C33H48BrN3O5. The first-order valence-corrected chi connectivity index (χ1v) is 15.5. The fourth-order valence-electron chi connectivity index (χ4n) is 7.55. The first-order chi connectivity index (χ1) is 19.8. The van der Waals surface area contributed by atoms with E-state index in [2.05, 4.69) is 41.8 Å². The van der Waals surface area contributed by atoms with E-state index in [9.17, 15) is 20.1 Å². The van der Waals surface area contributed by atoms with E-state index in [1.165, 1.54) is 50.4 Å². The van der Waals surface area contributed by atoms with Gasteiger partial charge in [-0.2, -0.15) is 0 Å². The zero-order chi connectivity index (χ0) is 28.9. The molecule has 232 valence electrons. The van der Waals surface area contributed by atoms with Crippen LogP contribution in [0.3, 0.4) is 0 Å². The molecule has 2 aromatic rings. The maximum absolute atomic E-state index is 12.1. The Balaban J connectivity index is 0.00000405. The number of nitrogens with zero attached hydrogens (tertiary/aromatic N) is 1. The monoisotopic (exact) mass is 645 g/mol. The summed E-state index contributed by atoms with van der Waals surface area (Å²) < 4.78 is 7.78. The molecule has 4 fully saturated rings. The van der Waals surface area contributed by atoms with Crippen molar-refractivity contribution in [2.45, 2.75) is 69.7 Å². The highest BCUT2D eigenvalue weighted by atomic mass is 79.9. The second-order valence-corrected chi connectivity index (χ2v) is 12.8. The van der Waals surface area contributed by atoms with Crippen LogP contribution in [0.15, 0.2) is 42.5 Å². The van der Waals surface area contributed by atoms with E-state index in [1.54, 1.807) is 12.1 Å². The zero-order valence-electron chi connectivity index (χ0n) is 24.8. The minimum absolute atomic E-state index is 0. The molecule has 5 N–H and O–H groups in total. The number of piperidine rings is 3. The molecule has 3 aliphatic heterocycles. The molecule has 2 aromatic carbocycles. The quantitative estimate of drug-likeness (QED) is 0.0907. The van der Waals surface area contributed by atoms with E-state index >= 15 is 0 Å². The largest absolute Gasteiger partial charge is 1.00 e.